The van der Waals surface area contributed by atoms with Crippen molar-refractivity contribution in [2.75, 3.05) is 11.1 Å². The number of carbonyl (C=O) groups is 1. The van der Waals surface area contributed by atoms with Crippen LogP contribution in [0.2, 0.25) is 0 Å². The molecule has 1 amide bonds. The zero-order chi connectivity index (χ0) is 20.1. The van der Waals surface area contributed by atoms with Crippen LogP contribution in [0.15, 0.2) is 50.5 Å². The fourth-order valence-electron chi connectivity index (χ4n) is 2.22. The van der Waals surface area contributed by atoms with Crippen LogP contribution in [0, 0.1) is 17.2 Å². The molecule has 2 aromatic heterocycles. The number of aromatic nitrogens is 2. The number of nitriles is 1. The third-order valence-electron chi connectivity index (χ3n) is 3.55. The normalized spacial score (nSPS) is 11.6. The highest BCUT2D eigenvalue weighted by Crippen LogP contribution is 2.22. The van der Waals surface area contributed by atoms with E-state index in [9.17, 15) is 14.9 Å². The molecule has 1 N–H and O–H groups in total. The average Bonchev–Trinajstić information content (AvgIpc) is 3.13. The Morgan fingerprint density at radius 2 is 2.21 bits per heavy atom. The van der Waals surface area contributed by atoms with Crippen LogP contribution in [0.5, 0.6) is 0 Å². The lowest BCUT2D eigenvalue weighted by molar-refractivity contribution is -0.112. The Morgan fingerprint density at radius 3 is 2.96 bits per heavy atom. The SMILES string of the molecule is CC(C)CSc1nsc(NC(=O)C(C#N)=Cc2coc3ccccc3c2=O)n1. The van der Waals surface area contributed by atoms with Gasteiger partial charge in [0.2, 0.25) is 10.3 Å². The summed E-state index contributed by atoms with van der Waals surface area (Å²) >= 11 is 2.54. The van der Waals surface area contributed by atoms with E-state index in [1.165, 1.54) is 24.1 Å². The quantitative estimate of drug-likeness (QED) is 0.371. The van der Waals surface area contributed by atoms with E-state index < -0.39 is 5.91 Å². The maximum absolute atomic E-state index is 12.5. The summed E-state index contributed by atoms with van der Waals surface area (Å²) in [6, 6.07) is 8.58. The molecule has 3 rings (SSSR count). The number of fused-ring (bicyclic) bond motifs is 1. The summed E-state index contributed by atoms with van der Waals surface area (Å²) in [6.45, 7) is 4.19. The Labute approximate surface area is 169 Å². The molecule has 0 aliphatic rings. The summed E-state index contributed by atoms with van der Waals surface area (Å²) in [7, 11) is 0. The molecule has 7 nitrogen and oxygen atoms in total. The molecule has 9 heteroatoms. The number of anilines is 1. The molecule has 0 saturated heterocycles. The predicted molar refractivity (Wildman–Crippen MR) is 110 cm³/mol. The molecule has 0 atom stereocenters. The van der Waals surface area contributed by atoms with Crippen LogP contribution in [0.3, 0.4) is 0 Å². The summed E-state index contributed by atoms with van der Waals surface area (Å²) < 4.78 is 9.58. The summed E-state index contributed by atoms with van der Waals surface area (Å²) in [6.07, 6.45) is 2.45. The first kappa shape index (κ1) is 19.8. The van der Waals surface area contributed by atoms with E-state index >= 15 is 0 Å². The first-order valence-corrected chi connectivity index (χ1v) is 10.1. The lowest BCUT2D eigenvalue weighted by Crippen LogP contribution is -2.14. The largest absolute Gasteiger partial charge is 0.463 e. The first-order chi connectivity index (χ1) is 13.5. The van der Waals surface area contributed by atoms with Crippen LogP contribution in [0.25, 0.3) is 17.0 Å². The lowest BCUT2D eigenvalue weighted by atomic mass is 10.1. The van der Waals surface area contributed by atoms with Gasteiger partial charge in [0, 0.05) is 17.3 Å². The summed E-state index contributed by atoms with van der Waals surface area (Å²) in [4.78, 5) is 29.1. The minimum Gasteiger partial charge on any atom is -0.463 e. The van der Waals surface area contributed by atoms with Crippen LogP contribution >= 0.6 is 23.3 Å². The van der Waals surface area contributed by atoms with Gasteiger partial charge in [-0.05, 0) is 24.1 Å². The smallest absolute Gasteiger partial charge is 0.268 e. The summed E-state index contributed by atoms with van der Waals surface area (Å²) in [5.74, 6) is 0.700. The van der Waals surface area contributed by atoms with Crippen LogP contribution in [-0.4, -0.2) is 21.0 Å². The van der Waals surface area contributed by atoms with Gasteiger partial charge in [-0.3, -0.25) is 14.9 Å². The molecule has 0 fully saturated rings. The number of rotatable bonds is 6. The maximum atomic E-state index is 12.5. The zero-order valence-corrected chi connectivity index (χ0v) is 16.8. The van der Waals surface area contributed by atoms with Gasteiger partial charge in [-0.1, -0.05) is 37.7 Å². The molecule has 0 radical (unpaired) electrons. The van der Waals surface area contributed by atoms with Crippen LogP contribution in [-0.2, 0) is 4.79 Å². The third-order valence-corrected chi connectivity index (χ3v) is 5.57. The number of benzene rings is 1. The molecule has 2 heterocycles. The Hall–Kier alpha value is -2.96. The Morgan fingerprint density at radius 1 is 1.43 bits per heavy atom. The number of thioether (sulfide) groups is 1. The number of amides is 1. The number of hydrogen-bond acceptors (Lipinski definition) is 8. The van der Waals surface area contributed by atoms with Gasteiger partial charge in [0.25, 0.3) is 5.91 Å². The highest BCUT2D eigenvalue weighted by molar-refractivity contribution is 7.99. The molecular weight excluding hydrogens is 396 g/mol. The Bertz CT molecular complexity index is 1140. The van der Waals surface area contributed by atoms with Gasteiger partial charge in [0.05, 0.1) is 10.9 Å². The molecule has 142 valence electrons. The molecule has 0 saturated carbocycles. The molecule has 0 bridgehead atoms. The van der Waals surface area contributed by atoms with Crippen molar-refractivity contribution in [3.8, 4) is 6.07 Å². The van der Waals surface area contributed by atoms with E-state index in [1.54, 1.807) is 24.3 Å². The number of nitrogens with zero attached hydrogens (tertiary/aromatic N) is 3. The number of nitrogens with one attached hydrogen (secondary N) is 1. The van der Waals surface area contributed by atoms with Gasteiger partial charge < -0.3 is 4.42 Å². The monoisotopic (exact) mass is 412 g/mol. The van der Waals surface area contributed by atoms with E-state index in [-0.39, 0.29) is 16.6 Å². The van der Waals surface area contributed by atoms with Crippen molar-refractivity contribution in [3.05, 3.63) is 51.9 Å². The van der Waals surface area contributed by atoms with E-state index in [2.05, 4.69) is 28.5 Å². The Kier molecular flexibility index (Phi) is 6.23. The highest BCUT2D eigenvalue weighted by Gasteiger charge is 2.15. The summed E-state index contributed by atoms with van der Waals surface area (Å²) in [5, 5.41) is 13.1. The molecule has 0 unspecified atom stereocenters. The van der Waals surface area contributed by atoms with Crippen molar-refractivity contribution in [2.24, 2.45) is 5.92 Å². The van der Waals surface area contributed by atoms with E-state index in [0.29, 0.717) is 27.2 Å². The van der Waals surface area contributed by atoms with Gasteiger partial charge in [-0.2, -0.15) is 14.6 Å². The van der Waals surface area contributed by atoms with Crippen molar-refractivity contribution in [1.82, 2.24) is 9.36 Å². The second-order valence-electron chi connectivity index (χ2n) is 6.23. The van der Waals surface area contributed by atoms with E-state index in [4.69, 9.17) is 4.42 Å². The molecule has 28 heavy (non-hydrogen) atoms. The minimum atomic E-state index is -0.661. The van der Waals surface area contributed by atoms with Crippen molar-refractivity contribution < 1.29 is 9.21 Å². The molecule has 0 aliphatic heterocycles. The summed E-state index contributed by atoms with van der Waals surface area (Å²) in [5.41, 5.74) is 0.0172. The van der Waals surface area contributed by atoms with Gasteiger partial charge in [0.1, 0.15) is 23.5 Å². The molecule has 1 aromatic carbocycles. The standard InChI is InChI=1S/C19H16N4O3S2/c1-11(2)10-27-19-22-18(28-23-19)21-17(25)12(8-20)7-13-9-26-15-6-4-3-5-14(15)16(13)24/h3-7,9,11H,10H2,1-2H3,(H,21,22,23,25). The molecule has 0 aliphatic carbocycles. The van der Waals surface area contributed by atoms with Gasteiger partial charge in [-0.15, -0.1) is 0 Å². The Balaban J connectivity index is 1.80. The van der Waals surface area contributed by atoms with Gasteiger partial charge in [-0.25, -0.2) is 0 Å². The van der Waals surface area contributed by atoms with Crippen molar-refractivity contribution >= 4 is 51.4 Å². The zero-order valence-electron chi connectivity index (χ0n) is 15.1. The number of carbonyl (C=O) groups excluding carboxylic acids is 1. The second-order valence-corrected chi connectivity index (χ2v) is 7.97. The molecular formula is C19H16N4O3S2. The van der Waals surface area contributed by atoms with Crippen LogP contribution in [0.1, 0.15) is 19.4 Å². The predicted octanol–water partition coefficient (Wildman–Crippen LogP) is 3.94. The highest BCUT2D eigenvalue weighted by atomic mass is 32.2. The second kappa shape index (κ2) is 8.82. The average molecular weight is 412 g/mol. The fourth-order valence-corrected chi connectivity index (χ4v) is 3.71. The molecule has 0 spiro atoms. The van der Waals surface area contributed by atoms with E-state index in [1.807, 2.05) is 6.07 Å². The fraction of sp³-hybridized carbons (Fsp3) is 0.211. The third kappa shape index (κ3) is 4.65. The van der Waals surface area contributed by atoms with Gasteiger partial charge in [0.15, 0.2) is 5.43 Å². The van der Waals surface area contributed by atoms with Crippen molar-refractivity contribution in [3.63, 3.8) is 0 Å². The number of hydrogen-bond donors (Lipinski definition) is 1. The number of para-hydroxylation sites is 1. The minimum absolute atomic E-state index is 0.121. The lowest BCUT2D eigenvalue weighted by Gasteiger charge is -2.01. The van der Waals surface area contributed by atoms with Crippen molar-refractivity contribution in [2.45, 2.75) is 19.0 Å². The van der Waals surface area contributed by atoms with E-state index in [0.717, 1.165) is 17.3 Å². The van der Waals surface area contributed by atoms with Crippen LogP contribution in [0.4, 0.5) is 5.13 Å². The maximum Gasteiger partial charge on any atom is 0.268 e. The topological polar surface area (TPSA) is 109 Å². The van der Waals surface area contributed by atoms with Crippen LogP contribution < -0.4 is 10.7 Å². The van der Waals surface area contributed by atoms with Gasteiger partial charge >= 0.3 is 0 Å². The first-order valence-electron chi connectivity index (χ1n) is 8.38. The molecule has 3 aromatic rings. The van der Waals surface area contributed by atoms with Crippen molar-refractivity contribution in [1.29, 1.82) is 5.26 Å².